The summed E-state index contributed by atoms with van der Waals surface area (Å²) < 4.78 is 13.9. The Balaban J connectivity index is 1.99. The lowest BCUT2D eigenvalue weighted by molar-refractivity contribution is 0.136. The topological polar surface area (TPSA) is 49.5 Å². The minimum absolute atomic E-state index is 0.0184. The second-order valence-corrected chi connectivity index (χ2v) is 5.44. The number of hydrogen-bond acceptors (Lipinski definition) is 3. The molecule has 19 heavy (non-hydrogen) atoms. The number of hydrogen-bond donors (Lipinski definition) is 2. The lowest BCUT2D eigenvalue weighted by Crippen LogP contribution is -2.36. The van der Waals surface area contributed by atoms with Crippen LogP contribution in [0.2, 0.25) is 0 Å². The van der Waals surface area contributed by atoms with Gasteiger partial charge >= 0.3 is 0 Å². The molecule has 1 aliphatic heterocycles. The maximum Gasteiger partial charge on any atom is 0.131 e. The van der Waals surface area contributed by atoms with E-state index in [0.717, 1.165) is 44.8 Å². The summed E-state index contributed by atoms with van der Waals surface area (Å²) >= 11 is 0. The molecule has 0 saturated carbocycles. The molecule has 0 bridgehead atoms. The van der Waals surface area contributed by atoms with Crippen molar-refractivity contribution < 1.29 is 9.50 Å². The van der Waals surface area contributed by atoms with E-state index >= 15 is 0 Å². The minimum atomic E-state index is -0.323. The molecule has 0 spiro atoms. The van der Waals surface area contributed by atoms with E-state index in [9.17, 15) is 9.50 Å². The van der Waals surface area contributed by atoms with Gasteiger partial charge < -0.3 is 10.8 Å². The van der Waals surface area contributed by atoms with Crippen molar-refractivity contribution >= 4 is 0 Å². The van der Waals surface area contributed by atoms with Gasteiger partial charge in [-0.3, -0.25) is 4.90 Å². The highest BCUT2D eigenvalue weighted by Crippen LogP contribution is 2.30. The number of rotatable bonds is 4. The number of nitrogens with two attached hydrogens (primary N) is 1. The average molecular weight is 266 g/mol. The molecule has 3 N–H and O–H groups in total. The second-order valence-electron chi connectivity index (χ2n) is 5.44. The van der Waals surface area contributed by atoms with Crippen molar-refractivity contribution in [3.63, 3.8) is 0 Å². The molecule has 1 atom stereocenters. The maximum atomic E-state index is 13.9. The Morgan fingerprint density at radius 3 is 2.68 bits per heavy atom. The summed E-state index contributed by atoms with van der Waals surface area (Å²) in [5.74, 6) is 0.379. The third-order valence-electron chi connectivity index (χ3n) is 4.21. The van der Waals surface area contributed by atoms with Crippen LogP contribution in [-0.2, 0) is 0 Å². The molecule has 1 unspecified atom stereocenters. The van der Waals surface area contributed by atoms with Crippen molar-refractivity contribution in [2.24, 2.45) is 11.7 Å². The van der Waals surface area contributed by atoms with Gasteiger partial charge in [-0.25, -0.2) is 4.39 Å². The normalized spacial score (nSPS) is 19.5. The van der Waals surface area contributed by atoms with Gasteiger partial charge in [0.2, 0.25) is 0 Å². The molecule has 2 rings (SSSR count). The van der Waals surface area contributed by atoms with Crippen LogP contribution in [0, 0.1) is 11.7 Å². The molecule has 0 aromatic heterocycles. The van der Waals surface area contributed by atoms with E-state index in [0.29, 0.717) is 5.56 Å². The van der Waals surface area contributed by atoms with E-state index in [4.69, 9.17) is 5.73 Å². The molecule has 1 fully saturated rings. The van der Waals surface area contributed by atoms with Crippen LogP contribution in [0.25, 0.3) is 0 Å². The number of phenols is 1. The summed E-state index contributed by atoms with van der Waals surface area (Å²) in [6.07, 6.45) is 3.37. The van der Waals surface area contributed by atoms with Crippen LogP contribution in [0.5, 0.6) is 5.75 Å². The third-order valence-corrected chi connectivity index (χ3v) is 4.21. The lowest BCUT2D eigenvalue weighted by Gasteiger charge is -2.36. The van der Waals surface area contributed by atoms with Crippen LogP contribution in [-0.4, -0.2) is 29.6 Å². The predicted octanol–water partition coefficient (Wildman–Crippen LogP) is 2.65. The summed E-state index contributed by atoms with van der Waals surface area (Å²) in [7, 11) is 0. The first-order valence-electron chi connectivity index (χ1n) is 7.04. The van der Waals surface area contributed by atoms with Crippen LogP contribution in [0.1, 0.15) is 37.8 Å². The first-order chi connectivity index (χ1) is 9.11. The number of likely N-dealkylation sites (tertiary alicyclic amines) is 1. The van der Waals surface area contributed by atoms with Gasteiger partial charge in [-0.05, 0) is 57.8 Å². The smallest absolute Gasteiger partial charge is 0.131 e. The highest BCUT2D eigenvalue weighted by atomic mass is 19.1. The number of phenolic OH excluding ortho intramolecular Hbond substituents is 1. The Hall–Kier alpha value is -1.13. The molecule has 0 radical (unpaired) electrons. The summed E-state index contributed by atoms with van der Waals surface area (Å²) in [6.45, 7) is 4.77. The standard InChI is InChI=1S/C15H23FN2O/c1-11(14-3-2-13(19)10-15(14)16)18-8-5-12(4-7-17)6-9-18/h2-3,10-12,19H,4-9,17H2,1H3. The van der Waals surface area contributed by atoms with Crippen LogP contribution in [0.4, 0.5) is 4.39 Å². The molecule has 106 valence electrons. The molecule has 0 aliphatic carbocycles. The summed E-state index contributed by atoms with van der Waals surface area (Å²) in [5.41, 5.74) is 6.25. The quantitative estimate of drug-likeness (QED) is 0.881. The van der Waals surface area contributed by atoms with Crippen molar-refractivity contribution in [3.8, 4) is 5.75 Å². The Kier molecular flexibility index (Phi) is 4.77. The maximum absolute atomic E-state index is 13.9. The SMILES string of the molecule is CC(c1ccc(O)cc1F)N1CCC(CCN)CC1. The number of nitrogens with zero attached hydrogens (tertiary/aromatic N) is 1. The highest BCUT2D eigenvalue weighted by Gasteiger charge is 2.24. The van der Waals surface area contributed by atoms with Gasteiger partial charge in [0.25, 0.3) is 0 Å². The third kappa shape index (κ3) is 3.45. The number of piperidine rings is 1. The highest BCUT2D eigenvalue weighted by molar-refractivity contribution is 5.29. The lowest BCUT2D eigenvalue weighted by atomic mass is 9.92. The summed E-state index contributed by atoms with van der Waals surface area (Å²) in [6, 6.07) is 4.48. The predicted molar refractivity (Wildman–Crippen MR) is 74.4 cm³/mol. The molecule has 1 aromatic rings. The Labute approximate surface area is 114 Å². The molecular formula is C15H23FN2O. The van der Waals surface area contributed by atoms with Gasteiger partial charge in [0, 0.05) is 17.7 Å². The number of benzene rings is 1. The molecule has 1 aromatic carbocycles. The van der Waals surface area contributed by atoms with Gasteiger partial charge in [-0.2, -0.15) is 0 Å². The molecule has 1 aliphatic rings. The van der Waals surface area contributed by atoms with E-state index < -0.39 is 0 Å². The van der Waals surface area contributed by atoms with Crippen LogP contribution >= 0.6 is 0 Å². The van der Waals surface area contributed by atoms with Crippen molar-refractivity contribution in [3.05, 3.63) is 29.6 Å². The van der Waals surface area contributed by atoms with Crippen molar-refractivity contribution in [2.45, 2.75) is 32.2 Å². The molecule has 4 heteroatoms. The summed E-state index contributed by atoms with van der Waals surface area (Å²) in [4.78, 5) is 2.31. The second kappa shape index (κ2) is 6.35. The fraction of sp³-hybridized carbons (Fsp3) is 0.600. The minimum Gasteiger partial charge on any atom is -0.508 e. The Morgan fingerprint density at radius 2 is 2.11 bits per heavy atom. The van der Waals surface area contributed by atoms with Crippen molar-refractivity contribution in [1.29, 1.82) is 0 Å². The first kappa shape index (κ1) is 14.3. The van der Waals surface area contributed by atoms with E-state index in [-0.39, 0.29) is 17.6 Å². The number of halogens is 1. The first-order valence-corrected chi connectivity index (χ1v) is 7.04. The van der Waals surface area contributed by atoms with Crippen molar-refractivity contribution in [1.82, 2.24) is 4.90 Å². The van der Waals surface area contributed by atoms with Crippen LogP contribution in [0.15, 0.2) is 18.2 Å². The fourth-order valence-electron chi connectivity index (χ4n) is 2.92. The fourth-order valence-corrected chi connectivity index (χ4v) is 2.92. The zero-order valence-corrected chi connectivity index (χ0v) is 11.5. The van der Waals surface area contributed by atoms with Gasteiger partial charge in [0.15, 0.2) is 0 Å². The largest absolute Gasteiger partial charge is 0.508 e. The van der Waals surface area contributed by atoms with E-state index in [2.05, 4.69) is 4.90 Å². The zero-order chi connectivity index (χ0) is 13.8. The average Bonchev–Trinajstić information content (AvgIpc) is 2.39. The molecule has 1 heterocycles. The summed E-state index contributed by atoms with van der Waals surface area (Å²) in [5, 5.41) is 9.26. The van der Waals surface area contributed by atoms with Gasteiger partial charge in [-0.1, -0.05) is 6.07 Å². The van der Waals surface area contributed by atoms with Crippen LogP contribution < -0.4 is 5.73 Å². The van der Waals surface area contributed by atoms with E-state index in [1.54, 1.807) is 12.1 Å². The van der Waals surface area contributed by atoms with Crippen LogP contribution in [0.3, 0.4) is 0 Å². The zero-order valence-electron chi connectivity index (χ0n) is 11.5. The van der Waals surface area contributed by atoms with E-state index in [1.807, 2.05) is 6.92 Å². The van der Waals surface area contributed by atoms with Gasteiger partial charge in [0.05, 0.1) is 0 Å². The molecule has 1 saturated heterocycles. The molecular weight excluding hydrogens is 243 g/mol. The monoisotopic (exact) mass is 266 g/mol. The van der Waals surface area contributed by atoms with Crippen molar-refractivity contribution in [2.75, 3.05) is 19.6 Å². The van der Waals surface area contributed by atoms with Gasteiger partial charge in [-0.15, -0.1) is 0 Å². The van der Waals surface area contributed by atoms with E-state index in [1.165, 1.54) is 6.07 Å². The molecule has 3 nitrogen and oxygen atoms in total. The Morgan fingerprint density at radius 1 is 1.42 bits per heavy atom. The van der Waals surface area contributed by atoms with Gasteiger partial charge in [0.1, 0.15) is 11.6 Å². The molecule has 0 amide bonds. The number of aromatic hydroxyl groups is 1. The Bertz CT molecular complexity index is 417.